The first-order chi connectivity index (χ1) is 14.6. The number of hydrogen-bond acceptors (Lipinski definition) is 6. The molecule has 4 aromatic rings. The molecular weight excluding hydrogens is 406 g/mol. The van der Waals surface area contributed by atoms with Crippen molar-refractivity contribution in [1.29, 1.82) is 0 Å². The zero-order valence-electron chi connectivity index (χ0n) is 15.8. The zero-order chi connectivity index (χ0) is 21.1. The topological polar surface area (TPSA) is 78.5 Å². The van der Waals surface area contributed by atoms with Gasteiger partial charge in [0.05, 0.1) is 11.4 Å². The Bertz CT molecular complexity index is 1250. The third-order valence-corrected chi connectivity index (χ3v) is 5.01. The van der Waals surface area contributed by atoms with Gasteiger partial charge in [-0.05, 0) is 30.5 Å². The Morgan fingerprint density at radius 1 is 1.00 bits per heavy atom. The second-order valence-corrected chi connectivity index (χ2v) is 7.03. The number of anilines is 4. The van der Waals surface area contributed by atoms with Crippen molar-refractivity contribution in [3.05, 3.63) is 60.0 Å². The van der Waals surface area contributed by atoms with E-state index in [1.165, 1.54) is 0 Å². The van der Waals surface area contributed by atoms with Gasteiger partial charge in [-0.3, -0.25) is 0 Å². The van der Waals surface area contributed by atoms with E-state index in [1.807, 2.05) is 30.5 Å². The maximum absolute atomic E-state index is 13.2. The first-order valence-electron chi connectivity index (χ1n) is 8.87. The lowest BCUT2D eigenvalue weighted by atomic mass is 10.2. The highest BCUT2D eigenvalue weighted by Gasteiger charge is 2.17. The summed E-state index contributed by atoms with van der Waals surface area (Å²) in [4.78, 5) is 16.2. The number of aromatic nitrogens is 4. The van der Waals surface area contributed by atoms with Crippen LogP contribution in [-0.2, 0) is 0 Å². The summed E-state index contributed by atoms with van der Waals surface area (Å²) in [6.07, 6.45) is 4.63. The molecular formula is C21H16F2N6S. The van der Waals surface area contributed by atoms with Crippen molar-refractivity contribution in [1.82, 2.24) is 19.9 Å². The molecule has 30 heavy (non-hydrogen) atoms. The van der Waals surface area contributed by atoms with Crippen LogP contribution in [0.1, 0.15) is 17.9 Å². The Balaban J connectivity index is 1.79. The lowest BCUT2D eigenvalue weighted by molar-refractivity contribution is 0.142. The minimum absolute atomic E-state index is 0.160. The third kappa shape index (κ3) is 4.04. The molecule has 0 radical (unpaired) electrons. The van der Waals surface area contributed by atoms with E-state index in [4.69, 9.17) is 6.42 Å². The number of para-hydroxylation sites is 1. The van der Waals surface area contributed by atoms with Gasteiger partial charge in [0.2, 0.25) is 0 Å². The minimum Gasteiger partial charge on any atom is -0.353 e. The summed E-state index contributed by atoms with van der Waals surface area (Å²) in [5.41, 5.74) is 2.40. The number of nitrogens with zero attached hydrogens (tertiary/aromatic N) is 3. The van der Waals surface area contributed by atoms with E-state index in [1.54, 1.807) is 36.0 Å². The van der Waals surface area contributed by atoms with Crippen molar-refractivity contribution >= 4 is 45.9 Å². The lowest BCUT2D eigenvalue weighted by Gasteiger charge is -2.13. The zero-order valence-corrected chi connectivity index (χ0v) is 16.6. The summed E-state index contributed by atoms with van der Waals surface area (Å²) < 4.78 is 26.4. The van der Waals surface area contributed by atoms with Gasteiger partial charge in [0, 0.05) is 11.0 Å². The van der Waals surface area contributed by atoms with Crippen LogP contribution in [0.25, 0.3) is 11.2 Å². The van der Waals surface area contributed by atoms with E-state index < -0.39 is 12.2 Å². The molecule has 0 aliphatic heterocycles. The number of fused-ring (bicyclic) bond motifs is 1. The second-order valence-electron chi connectivity index (χ2n) is 6.18. The summed E-state index contributed by atoms with van der Waals surface area (Å²) in [5, 5.41) is 6.36. The van der Waals surface area contributed by atoms with E-state index in [9.17, 15) is 8.78 Å². The molecule has 0 bridgehead atoms. The van der Waals surface area contributed by atoms with Crippen LogP contribution >= 0.6 is 11.8 Å². The fourth-order valence-corrected chi connectivity index (χ4v) is 3.43. The molecule has 1 aromatic carbocycles. The van der Waals surface area contributed by atoms with Gasteiger partial charge in [0.15, 0.2) is 11.5 Å². The molecule has 0 spiro atoms. The Kier molecular flexibility index (Phi) is 5.50. The minimum atomic E-state index is -2.74. The van der Waals surface area contributed by atoms with Crippen LogP contribution in [0.4, 0.5) is 31.8 Å². The molecule has 9 heteroatoms. The Hall–Kier alpha value is -3.64. The second kappa shape index (κ2) is 8.39. The average molecular weight is 422 g/mol. The highest BCUT2D eigenvalue weighted by molar-refractivity contribution is 7.98. The molecule has 6 nitrogen and oxygen atoms in total. The molecule has 0 saturated heterocycles. The molecule has 150 valence electrons. The highest BCUT2D eigenvalue weighted by Crippen LogP contribution is 2.33. The third-order valence-electron chi connectivity index (χ3n) is 4.22. The fourth-order valence-electron chi connectivity index (χ4n) is 2.88. The maximum Gasteiger partial charge on any atom is 0.295 e. The van der Waals surface area contributed by atoms with Crippen LogP contribution in [0.15, 0.2) is 53.4 Å². The molecule has 4 rings (SSSR count). The smallest absolute Gasteiger partial charge is 0.295 e. The van der Waals surface area contributed by atoms with E-state index >= 15 is 0 Å². The molecule has 3 N–H and O–H groups in total. The van der Waals surface area contributed by atoms with Gasteiger partial charge in [0.1, 0.15) is 22.8 Å². The van der Waals surface area contributed by atoms with Crippen LogP contribution in [0.2, 0.25) is 0 Å². The number of halogens is 2. The first kappa shape index (κ1) is 19.7. The van der Waals surface area contributed by atoms with Gasteiger partial charge in [-0.15, -0.1) is 18.2 Å². The molecule has 0 aliphatic rings. The molecule has 3 heterocycles. The number of terminal acetylenes is 1. The summed E-state index contributed by atoms with van der Waals surface area (Å²) in [6, 6.07) is 14.6. The summed E-state index contributed by atoms with van der Waals surface area (Å²) in [5.74, 6) is 2.90. The number of thioether (sulfide) groups is 1. The Morgan fingerprint density at radius 3 is 2.60 bits per heavy atom. The molecule has 0 saturated carbocycles. The summed E-state index contributed by atoms with van der Waals surface area (Å²) in [7, 11) is 0. The van der Waals surface area contributed by atoms with Gasteiger partial charge in [0.25, 0.3) is 6.43 Å². The number of imidazole rings is 1. The van der Waals surface area contributed by atoms with E-state index in [0.29, 0.717) is 28.5 Å². The number of rotatable bonds is 6. The number of benzene rings is 1. The standard InChI is InChI=1S/C21H16F2N6S/c1-3-12-7-6-10-16(24-12)26-17-11-14(25-13-8-4-5-9-15(13)30-2)18-20(27-17)29-21(28-18)19(22)23/h1,4-11,19H,2H3,(H3,24,25,26,27,28,29). The lowest BCUT2D eigenvalue weighted by Crippen LogP contribution is -2.00. The number of hydrogen-bond donors (Lipinski definition) is 3. The monoisotopic (exact) mass is 422 g/mol. The van der Waals surface area contributed by atoms with Crippen LogP contribution in [-0.4, -0.2) is 26.2 Å². The number of H-pyrrole nitrogens is 1. The molecule has 0 aliphatic carbocycles. The first-order valence-corrected chi connectivity index (χ1v) is 10.1. The Labute approximate surface area is 175 Å². The van der Waals surface area contributed by atoms with Gasteiger partial charge in [-0.25, -0.2) is 23.7 Å². The van der Waals surface area contributed by atoms with Crippen LogP contribution in [0.5, 0.6) is 0 Å². The van der Waals surface area contributed by atoms with Crippen LogP contribution in [0.3, 0.4) is 0 Å². The average Bonchev–Trinajstić information content (AvgIpc) is 3.19. The van der Waals surface area contributed by atoms with Gasteiger partial charge in [-0.2, -0.15) is 0 Å². The van der Waals surface area contributed by atoms with E-state index in [0.717, 1.165) is 10.6 Å². The predicted octanol–water partition coefficient (Wildman–Crippen LogP) is 5.48. The van der Waals surface area contributed by atoms with Crippen LogP contribution < -0.4 is 10.6 Å². The van der Waals surface area contributed by atoms with Crippen molar-refractivity contribution in [2.75, 3.05) is 16.9 Å². The molecule has 0 amide bonds. The SMILES string of the molecule is C#Cc1cccc(Nc2cc(Nc3ccccc3SC)c3[nH]c(C(F)F)nc3n2)n1. The van der Waals surface area contributed by atoms with Crippen molar-refractivity contribution in [2.24, 2.45) is 0 Å². The quantitative estimate of drug-likeness (QED) is 0.282. The summed E-state index contributed by atoms with van der Waals surface area (Å²) >= 11 is 1.57. The number of nitrogens with one attached hydrogen (secondary N) is 3. The molecule has 0 fully saturated rings. The van der Waals surface area contributed by atoms with Crippen molar-refractivity contribution in [2.45, 2.75) is 11.3 Å². The fraction of sp³-hybridized carbons (Fsp3) is 0.0952. The molecule has 0 atom stereocenters. The predicted molar refractivity (Wildman–Crippen MR) is 116 cm³/mol. The molecule has 0 unspecified atom stereocenters. The van der Waals surface area contributed by atoms with Gasteiger partial charge < -0.3 is 15.6 Å². The Morgan fingerprint density at radius 2 is 1.83 bits per heavy atom. The van der Waals surface area contributed by atoms with Gasteiger partial charge >= 0.3 is 0 Å². The molecule has 3 aromatic heterocycles. The van der Waals surface area contributed by atoms with Crippen LogP contribution in [0, 0.1) is 12.3 Å². The largest absolute Gasteiger partial charge is 0.353 e. The normalized spacial score (nSPS) is 10.9. The highest BCUT2D eigenvalue weighted by atomic mass is 32.2. The van der Waals surface area contributed by atoms with Gasteiger partial charge in [-0.1, -0.05) is 24.1 Å². The number of aromatic amines is 1. The van der Waals surface area contributed by atoms with E-state index in [2.05, 4.69) is 36.5 Å². The summed E-state index contributed by atoms with van der Waals surface area (Å²) in [6.45, 7) is 0. The van der Waals surface area contributed by atoms with Crippen molar-refractivity contribution in [3.8, 4) is 12.3 Å². The number of alkyl halides is 2. The van der Waals surface area contributed by atoms with Crippen molar-refractivity contribution in [3.63, 3.8) is 0 Å². The van der Waals surface area contributed by atoms with Crippen molar-refractivity contribution < 1.29 is 8.78 Å². The van der Waals surface area contributed by atoms with E-state index in [-0.39, 0.29) is 5.65 Å². The maximum atomic E-state index is 13.2. The number of pyridine rings is 2.